The second kappa shape index (κ2) is 5.72. The summed E-state index contributed by atoms with van der Waals surface area (Å²) in [5.41, 5.74) is -0.291. The molecule has 0 amide bonds. The Labute approximate surface area is 90.9 Å². The van der Waals surface area contributed by atoms with E-state index in [1.165, 1.54) is 17.8 Å². The Balaban J connectivity index is 2.86. The van der Waals surface area contributed by atoms with Crippen LogP contribution >= 0.6 is 11.8 Å². The van der Waals surface area contributed by atoms with E-state index in [0.717, 1.165) is 6.07 Å². The highest BCUT2D eigenvalue weighted by Crippen LogP contribution is 2.25. The molecule has 0 aliphatic heterocycles. The van der Waals surface area contributed by atoms with Crippen molar-refractivity contribution in [3.8, 4) is 0 Å². The summed E-state index contributed by atoms with van der Waals surface area (Å²) in [6.45, 7) is 0.0463. The van der Waals surface area contributed by atoms with Crippen molar-refractivity contribution < 1.29 is 19.4 Å². The predicted molar refractivity (Wildman–Crippen MR) is 55.8 cm³/mol. The molecular weight excluding hydrogens is 219 g/mol. The first-order valence-corrected chi connectivity index (χ1v) is 5.41. The average Bonchev–Trinajstić information content (AvgIpc) is 2.17. The molecule has 82 valence electrons. The molecule has 1 aromatic carbocycles. The topological polar surface area (TPSA) is 57.5 Å². The average molecular weight is 230 g/mol. The summed E-state index contributed by atoms with van der Waals surface area (Å²) in [5.74, 6) is -1.42. The number of carboxylic acids is 1. The first-order valence-electron chi connectivity index (χ1n) is 4.42. The van der Waals surface area contributed by atoms with Crippen LogP contribution in [0.5, 0.6) is 0 Å². The van der Waals surface area contributed by atoms with Gasteiger partial charge in [0.1, 0.15) is 11.4 Å². The highest BCUT2D eigenvalue weighted by Gasteiger charge is 2.15. The maximum absolute atomic E-state index is 13.2. The summed E-state index contributed by atoms with van der Waals surface area (Å²) in [4.78, 5) is 11.2. The second-order valence-electron chi connectivity index (χ2n) is 2.84. The number of aromatic carboxylic acids is 1. The molecule has 1 aromatic rings. The van der Waals surface area contributed by atoms with Gasteiger partial charge < -0.3 is 10.2 Å². The molecule has 2 N–H and O–H groups in total. The highest BCUT2D eigenvalue weighted by molar-refractivity contribution is 7.99. The van der Waals surface area contributed by atoms with Gasteiger partial charge in [0.15, 0.2) is 0 Å². The number of hydrogen-bond donors (Lipinski definition) is 2. The summed E-state index contributed by atoms with van der Waals surface area (Å²) in [7, 11) is 0. The van der Waals surface area contributed by atoms with E-state index in [2.05, 4.69) is 0 Å². The fourth-order valence-electron chi connectivity index (χ4n) is 1.08. The van der Waals surface area contributed by atoms with E-state index < -0.39 is 11.8 Å². The van der Waals surface area contributed by atoms with Crippen LogP contribution in [0.1, 0.15) is 16.8 Å². The lowest BCUT2D eigenvalue weighted by atomic mass is 10.2. The largest absolute Gasteiger partial charge is 0.478 e. The maximum atomic E-state index is 13.2. The van der Waals surface area contributed by atoms with Crippen molar-refractivity contribution in [2.24, 2.45) is 0 Å². The molecule has 0 aromatic heterocycles. The minimum Gasteiger partial charge on any atom is -0.478 e. The van der Waals surface area contributed by atoms with Crippen LogP contribution in [0.3, 0.4) is 0 Å². The zero-order valence-corrected chi connectivity index (χ0v) is 8.76. The fourth-order valence-corrected chi connectivity index (χ4v) is 2.08. The van der Waals surface area contributed by atoms with Crippen molar-refractivity contribution >= 4 is 17.7 Å². The van der Waals surface area contributed by atoms with Gasteiger partial charge in [-0.15, -0.1) is 11.8 Å². The molecule has 0 heterocycles. The van der Waals surface area contributed by atoms with Gasteiger partial charge in [-0.25, -0.2) is 9.18 Å². The summed E-state index contributed by atoms with van der Waals surface area (Å²) in [6, 6.07) is 4.16. The predicted octanol–water partition coefficient (Wildman–Crippen LogP) is 2.00. The van der Waals surface area contributed by atoms with E-state index in [-0.39, 0.29) is 12.2 Å². The van der Waals surface area contributed by atoms with Crippen molar-refractivity contribution in [3.05, 3.63) is 29.6 Å². The van der Waals surface area contributed by atoms with Crippen LogP contribution in [0.4, 0.5) is 4.39 Å². The summed E-state index contributed by atoms with van der Waals surface area (Å²) in [6.07, 6.45) is 0.556. The van der Waals surface area contributed by atoms with Crippen LogP contribution in [0.15, 0.2) is 23.1 Å². The highest BCUT2D eigenvalue weighted by atomic mass is 32.2. The van der Waals surface area contributed by atoms with Crippen LogP contribution in [-0.4, -0.2) is 28.5 Å². The third-order valence-corrected chi connectivity index (χ3v) is 2.89. The van der Waals surface area contributed by atoms with Gasteiger partial charge in [-0.05, 0) is 18.6 Å². The standard InChI is InChI=1S/C10H11FO3S/c11-7-3-1-4-8(9(7)10(13)14)15-6-2-5-12/h1,3-4,12H,2,5-6H2,(H,13,14). The third kappa shape index (κ3) is 3.21. The molecular formula is C10H11FO3S. The molecule has 0 radical (unpaired) electrons. The smallest absolute Gasteiger partial charge is 0.339 e. The molecule has 15 heavy (non-hydrogen) atoms. The van der Waals surface area contributed by atoms with Gasteiger partial charge in [0, 0.05) is 17.3 Å². The quantitative estimate of drug-likeness (QED) is 0.600. The van der Waals surface area contributed by atoms with Crippen molar-refractivity contribution in [1.82, 2.24) is 0 Å². The number of benzene rings is 1. The van der Waals surface area contributed by atoms with Gasteiger partial charge in [-0.3, -0.25) is 0 Å². The molecule has 3 nitrogen and oxygen atoms in total. The normalized spacial score (nSPS) is 10.3. The van der Waals surface area contributed by atoms with Gasteiger partial charge >= 0.3 is 5.97 Å². The number of aliphatic hydroxyl groups excluding tert-OH is 1. The maximum Gasteiger partial charge on any atom is 0.339 e. The van der Waals surface area contributed by atoms with E-state index in [9.17, 15) is 9.18 Å². The van der Waals surface area contributed by atoms with Gasteiger partial charge in [0.25, 0.3) is 0 Å². The van der Waals surface area contributed by atoms with Crippen molar-refractivity contribution in [2.75, 3.05) is 12.4 Å². The Morgan fingerprint density at radius 1 is 1.47 bits per heavy atom. The Kier molecular flexibility index (Phi) is 4.58. The van der Waals surface area contributed by atoms with E-state index in [1.54, 1.807) is 6.07 Å². The third-order valence-electron chi connectivity index (χ3n) is 1.75. The van der Waals surface area contributed by atoms with Gasteiger partial charge in [-0.2, -0.15) is 0 Å². The van der Waals surface area contributed by atoms with E-state index >= 15 is 0 Å². The van der Waals surface area contributed by atoms with E-state index in [1.807, 2.05) is 0 Å². The number of carboxylic acid groups (broad SMARTS) is 1. The van der Waals surface area contributed by atoms with Gasteiger partial charge in [0.2, 0.25) is 0 Å². The molecule has 1 rings (SSSR count). The number of carbonyl (C=O) groups is 1. The van der Waals surface area contributed by atoms with Gasteiger partial charge in [-0.1, -0.05) is 6.07 Å². The van der Waals surface area contributed by atoms with E-state index in [0.29, 0.717) is 17.1 Å². The number of hydrogen-bond acceptors (Lipinski definition) is 3. The fraction of sp³-hybridized carbons (Fsp3) is 0.300. The Morgan fingerprint density at radius 2 is 2.20 bits per heavy atom. The van der Waals surface area contributed by atoms with Crippen LogP contribution < -0.4 is 0 Å². The zero-order chi connectivity index (χ0) is 11.3. The van der Waals surface area contributed by atoms with Gasteiger partial charge in [0.05, 0.1) is 0 Å². The van der Waals surface area contributed by atoms with Crippen LogP contribution in [0.2, 0.25) is 0 Å². The minimum absolute atomic E-state index is 0.0463. The number of rotatable bonds is 5. The zero-order valence-electron chi connectivity index (χ0n) is 7.94. The molecule has 0 fully saturated rings. The molecule has 0 saturated carbocycles. The molecule has 0 aliphatic carbocycles. The Bertz CT molecular complexity index is 355. The lowest BCUT2D eigenvalue weighted by molar-refractivity contribution is 0.0688. The van der Waals surface area contributed by atoms with Crippen LogP contribution in [-0.2, 0) is 0 Å². The van der Waals surface area contributed by atoms with E-state index in [4.69, 9.17) is 10.2 Å². The Morgan fingerprint density at radius 3 is 2.80 bits per heavy atom. The monoisotopic (exact) mass is 230 g/mol. The lowest BCUT2D eigenvalue weighted by Gasteiger charge is -2.05. The van der Waals surface area contributed by atoms with Crippen molar-refractivity contribution in [3.63, 3.8) is 0 Å². The van der Waals surface area contributed by atoms with Crippen LogP contribution in [0, 0.1) is 5.82 Å². The Hall–Kier alpha value is -1.07. The molecule has 5 heteroatoms. The SMILES string of the molecule is O=C(O)c1c(F)cccc1SCCCO. The number of thioether (sulfide) groups is 1. The van der Waals surface area contributed by atoms with Crippen molar-refractivity contribution in [2.45, 2.75) is 11.3 Å². The van der Waals surface area contributed by atoms with Crippen LogP contribution in [0.25, 0.3) is 0 Å². The second-order valence-corrected chi connectivity index (χ2v) is 3.98. The molecule has 0 unspecified atom stereocenters. The minimum atomic E-state index is -1.26. The number of aliphatic hydroxyl groups is 1. The van der Waals surface area contributed by atoms with Crippen molar-refractivity contribution in [1.29, 1.82) is 0 Å². The molecule has 0 saturated heterocycles. The molecule has 0 aliphatic rings. The molecule has 0 bridgehead atoms. The first-order chi connectivity index (χ1) is 7.16. The summed E-state index contributed by atoms with van der Waals surface area (Å²) in [5, 5.41) is 17.4. The summed E-state index contributed by atoms with van der Waals surface area (Å²) >= 11 is 1.23. The molecule has 0 spiro atoms. The number of halogens is 1. The summed E-state index contributed by atoms with van der Waals surface area (Å²) < 4.78 is 13.2. The first kappa shape index (κ1) is 12.0. The molecule has 0 atom stereocenters. The lowest BCUT2D eigenvalue weighted by Crippen LogP contribution is -2.03.